The average molecular weight is 325 g/mol. The first-order valence-electron chi connectivity index (χ1n) is 6.72. The van der Waals surface area contributed by atoms with Gasteiger partial charge in [0.1, 0.15) is 0 Å². The molecule has 1 aliphatic heterocycles. The van der Waals surface area contributed by atoms with Crippen molar-refractivity contribution in [3.63, 3.8) is 0 Å². The fourth-order valence-corrected chi connectivity index (χ4v) is 2.36. The van der Waals surface area contributed by atoms with E-state index in [1.807, 2.05) is 18.0 Å². The second-order valence-electron chi connectivity index (χ2n) is 4.69. The van der Waals surface area contributed by atoms with Crippen LogP contribution in [0, 0.1) is 0 Å². The number of hydrogen-bond donors (Lipinski definition) is 2. The molecular formula is C14H19N3O4S. The molecule has 120 valence electrons. The maximum Gasteiger partial charge on any atom is 0.231 e. The van der Waals surface area contributed by atoms with E-state index in [-0.39, 0.29) is 6.79 Å². The zero-order chi connectivity index (χ0) is 16.1. The second-order valence-corrected chi connectivity index (χ2v) is 5.07. The van der Waals surface area contributed by atoms with Crippen molar-refractivity contribution in [2.24, 2.45) is 5.16 Å². The van der Waals surface area contributed by atoms with E-state index >= 15 is 0 Å². The van der Waals surface area contributed by atoms with Crippen LogP contribution in [0.5, 0.6) is 17.2 Å². The molecule has 0 atom stereocenters. The molecule has 0 saturated heterocycles. The van der Waals surface area contributed by atoms with Gasteiger partial charge in [0.25, 0.3) is 0 Å². The van der Waals surface area contributed by atoms with Crippen LogP contribution >= 0.6 is 12.2 Å². The van der Waals surface area contributed by atoms with Gasteiger partial charge in [-0.2, -0.15) is 0 Å². The molecule has 0 aromatic heterocycles. The van der Waals surface area contributed by atoms with E-state index in [4.69, 9.17) is 31.6 Å². The van der Waals surface area contributed by atoms with Crippen LogP contribution < -0.4 is 19.5 Å². The highest BCUT2D eigenvalue weighted by Gasteiger charge is 2.24. The summed E-state index contributed by atoms with van der Waals surface area (Å²) in [7, 11) is 5.23. The third kappa shape index (κ3) is 3.16. The normalized spacial score (nSPS) is 12.5. The lowest BCUT2D eigenvalue weighted by Crippen LogP contribution is -2.36. The number of oxime groups is 1. The summed E-state index contributed by atoms with van der Waals surface area (Å²) >= 11 is 5.18. The van der Waals surface area contributed by atoms with Crippen LogP contribution in [0.3, 0.4) is 0 Å². The molecule has 2 rings (SSSR count). The number of ether oxygens (including phenoxy) is 3. The third-order valence-corrected chi connectivity index (χ3v) is 3.93. The number of thiocarbonyl (C=S) groups is 1. The van der Waals surface area contributed by atoms with E-state index in [2.05, 4.69) is 10.5 Å². The number of fused-ring (bicyclic) bond motifs is 1. The van der Waals surface area contributed by atoms with Crippen LogP contribution in [0.1, 0.15) is 11.1 Å². The molecule has 0 amide bonds. The van der Waals surface area contributed by atoms with Gasteiger partial charge in [0.15, 0.2) is 16.6 Å². The van der Waals surface area contributed by atoms with E-state index < -0.39 is 0 Å². The predicted octanol–water partition coefficient (Wildman–Crippen LogP) is 1.21. The standard InChI is InChI=1S/C14H19N3O4S/c1-15-14(22)17(2)5-4-9-6-11-13(21-8-20-11)12(19-3)10(9)7-16-18/h6-7,18H,4-5,8H2,1-3H3,(H,15,22)/b16-7+. The fraction of sp³-hybridized carbons (Fsp3) is 0.429. The minimum absolute atomic E-state index is 0.147. The number of benzene rings is 1. The molecule has 8 heteroatoms. The lowest BCUT2D eigenvalue weighted by molar-refractivity contribution is 0.171. The zero-order valence-corrected chi connectivity index (χ0v) is 13.6. The highest BCUT2D eigenvalue weighted by atomic mass is 32.1. The van der Waals surface area contributed by atoms with Crippen molar-refractivity contribution in [1.82, 2.24) is 10.2 Å². The molecule has 0 saturated carbocycles. The molecule has 1 aromatic carbocycles. The molecule has 0 bridgehead atoms. The highest BCUT2D eigenvalue weighted by molar-refractivity contribution is 7.80. The molecule has 1 aromatic rings. The molecule has 2 N–H and O–H groups in total. The van der Waals surface area contributed by atoms with Crippen LogP contribution in [-0.2, 0) is 6.42 Å². The Bertz CT molecular complexity index is 592. The molecule has 0 fully saturated rings. The summed E-state index contributed by atoms with van der Waals surface area (Å²) in [5.74, 6) is 1.66. The summed E-state index contributed by atoms with van der Waals surface area (Å²) in [4.78, 5) is 1.92. The fourth-order valence-electron chi connectivity index (χ4n) is 2.27. The van der Waals surface area contributed by atoms with Gasteiger partial charge in [-0.25, -0.2) is 0 Å². The summed E-state index contributed by atoms with van der Waals surface area (Å²) in [6, 6.07) is 1.87. The summed E-state index contributed by atoms with van der Waals surface area (Å²) in [5, 5.41) is 15.6. The van der Waals surface area contributed by atoms with E-state index in [1.54, 1.807) is 7.05 Å². The van der Waals surface area contributed by atoms with Crippen molar-refractivity contribution in [2.75, 3.05) is 34.5 Å². The van der Waals surface area contributed by atoms with Crippen molar-refractivity contribution in [1.29, 1.82) is 0 Å². The first-order chi connectivity index (χ1) is 10.6. The molecule has 1 heterocycles. The van der Waals surface area contributed by atoms with Crippen LogP contribution in [0.2, 0.25) is 0 Å². The first-order valence-corrected chi connectivity index (χ1v) is 7.13. The van der Waals surface area contributed by atoms with Gasteiger partial charge in [0, 0.05) is 26.2 Å². The molecular weight excluding hydrogens is 306 g/mol. The van der Waals surface area contributed by atoms with E-state index in [0.29, 0.717) is 40.9 Å². The topological polar surface area (TPSA) is 75.6 Å². The Morgan fingerprint density at radius 2 is 2.36 bits per heavy atom. The summed E-state index contributed by atoms with van der Waals surface area (Å²) in [6.07, 6.45) is 2.01. The van der Waals surface area contributed by atoms with Gasteiger partial charge in [-0.05, 0) is 30.3 Å². The lowest BCUT2D eigenvalue weighted by atomic mass is 10.0. The number of methoxy groups -OCH3 is 1. The zero-order valence-electron chi connectivity index (χ0n) is 12.8. The predicted molar refractivity (Wildman–Crippen MR) is 86.5 cm³/mol. The Morgan fingerprint density at radius 1 is 1.59 bits per heavy atom. The van der Waals surface area contributed by atoms with Gasteiger partial charge in [0.2, 0.25) is 12.5 Å². The monoisotopic (exact) mass is 325 g/mol. The first kappa shape index (κ1) is 16.2. The number of nitrogens with zero attached hydrogens (tertiary/aromatic N) is 2. The van der Waals surface area contributed by atoms with E-state index in [0.717, 1.165) is 5.56 Å². The minimum Gasteiger partial charge on any atom is -0.492 e. The van der Waals surface area contributed by atoms with Gasteiger partial charge in [-0.3, -0.25) is 0 Å². The van der Waals surface area contributed by atoms with Crippen LogP contribution in [0.25, 0.3) is 0 Å². The molecule has 0 spiro atoms. The van der Waals surface area contributed by atoms with E-state index in [1.165, 1.54) is 13.3 Å². The Hall–Kier alpha value is -2.22. The summed E-state index contributed by atoms with van der Waals surface area (Å²) in [5.41, 5.74) is 1.59. The van der Waals surface area contributed by atoms with Gasteiger partial charge < -0.3 is 29.6 Å². The van der Waals surface area contributed by atoms with Crippen molar-refractivity contribution >= 4 is 23.5 Å². The number of hydrogen-bond acceptors (Lipinski definition) is 6. The van der Waals surface area contributed by atoms with Gasteiger partial charge >= 0.3 is 0 Å². The lowest BCUT2D eigenvalue weighted by Gasteiger charge is -2.20. The molecule has 0 radical (unpaired) electrons. The number of nitrogens with one attached hydrogen (secondary N) is 1. The van der Waals surface area contributed by atoms with Crippen molar-refractivity contribution in [2.45, 2.75) is 6.42 Å². The Morgan fingerprint density at radius 3 is 3.00 bits per heavy atom. The molecule has 1 aliphatic rings. The van der Waals surface area contributed by atoms with Gasteiger partial charge in [0.05, 0.1) is 13.3 Å². The number of rotatable bonds is 5. The largest absolute Gasteiger partial charge is 0.492 e. The summed E-state index contributed by atoms with van der Waals surface area (Å²) in [6.45, 7) is 0.837. The van der Waals surface area contributed by atoms with Crippen LogP contribution in [0.15, 0.2) is 11.2 Å². The molecule has 0 unspecified atom stereocenters. The minimum atomic E-state index is 0.147. The molecule has 7 nitrogen and oxygen atoms in total. The highest BCUT2D eigenvalue weighted by Crippen LogP contribution is 2.44. The quantitative estimate of drug-likeness (QED) is 0.365. The second kappa shape index (κ2) is 7.17. The van der Waals surface area contributed by atoms with Crippen molar-refractivity contribution in [3.8, 4) is 17.2 Å². The van der Waals surface area contributed by atoms with Crippen molar-refractivity contribution < 1.29 is 19.4 Å². The Kier molecular flexibility index (Phi) is 5.26. The maximum atomic E-state index is 8.92. The SMILES string of the molecule is CNC(=S)N(C)CCc1cc2c(c(OC)c1/C=N/O)OCO2. The van der Waals surface area contributed by atoms with Crippen molar-refractivity contribution in [3.05, 3.63) is 17.2 Å². The maximum absolute atomic E-state index is 8.92. The third-order valence-electron chi connectivity index (χ3n) is 3.41. The Labute approximate surface area is 134 Å². The van der Waals surface area contributed by atoms with Gasteiger partial charge in [-0.15, -0.1) is 0 Å². The van der Waals surface area contributed by atoms with E-state index in [9.17, 15) is 0 Å². The summed E-state index contributed by atoms with van der Waals surface area (Å²) < 4.78 is 16.2. The smallest absolute Gasteiger partial charge is 0.231 e. The van der Waals surface area contributed by atoms with Gasteiger partial charge in [-0.1, -0.05) is 5.16 Å². The average Bonchev–Trinajstić information content (AvgIpc) is 2.99. The Balaban J connectivity index is 2.32. The van der Waals surface area contributed by atoms with Crippen LogP contribution in [-0.4, -0.2) is 56.0 Å². The number of likely N-dealkylation sites (N-methyl/N-ethyl adjacent to an activating group) is 1. The van der Waals surface area contributed by atoms with Crippen LogP contribution in [0.4, 0.5) is 0 Å². The molecule has 0 aliphatic carbocycles. The molecule has 22 heavy (non-hydrogen) atoms.